The number of halogens is 1. The Hall–Kier alpha value is -2.53. The number of rotatable bonds is 2. The lowest BCUT2D eigenvalue weighted by atomic mass is 10.1. The number of nitrogens with zero attached hydrogens (tertiary/aromatic N) is 2. The molecule has 0 atom stereocenters. The van der Waals surface area contributed by atoms with Crippen LogP contribution in [0.1, 0.15) is 25.6 Å². The van der Waals surface area contributed by atoms with E-state index >= 15 is 0 Å². The molecule has 0 radical (unpaired) electrons. The maximum Gasteiger partial charge on any atom is 0.266 e. The monoisotopic (exact) mass is 355 g/mol. The first-order valence-electron chi connectivity index (χ1n) is 8.28. The highest BCUT2D eigenvalue weighted by atomic mass is 35.5. The number of aromatic nitrogens is 2. The predicted molar refractivity (Wildman–Crippen MR) is 100 cm³/mol. The first-order chi connectivity index (χ1) is 12.1. The highest BCUT2D eigenvalue weighted by Crippen LogP contribution is 2.34. The van der Waals surface area contributed by atoms with Crippen LogP contribution in [0.5, 0.6) is 5.75 Å². The molecule has 1 aromatic heterocycles. The molecule has 0 aliphatic carbocycles. The molecule has 0 spiro atoms. The van der Waals surface area contributed by atoms with Gasteiger partial charge in [-0.2, -0.15) is 0 Å². The lowest BCUT2D eigenvalue weighted by Crippen LogP contribution is -2.26. The average molecular weight is 356 g/mol. The zero-order valence-corrected chi connectivity index (χ0v) is 14.8. The van der Waals surface area contributed by atoms with Gasteiger partial charge in [-0.15, -0.1) is 0 Å². The van der Waals surface area contributed by atoms with Crippen LogP contribution < -0.4 is 15.6 Å². The van der Waals surface area contributed by atoms with Crippen molar-refractivity contribution in [2.45, 2.75) is 19.8 Å². The number of nitrogens with one attached hydrogen (secondary N) is 1. The summed E-state index contributed by atoms with van der Waals surface area (Å²) in [4.78, 5) is 18.1. The highest BCUT2D eigenvalue weighted by molar-refractivity contribution is 6.30. The number of benzene rings is 2. The number of ether oxygens (including phenoxy) is 1. The molecule has 4 rings (SSSR count). The molecule has 1 aliphatic rings. The standard InChI is InChI=1S/C19H18ClN3O2/c1-11(2)18-22-16-14(7-8-15-17(16)25-10-9-21-15)19(24)23(18)13-5-3-12(20)4-6-13/h3-8,11,21H,9-10H2,1-2H3. The Balaban J connectivity index is 2.06. The normalized spacial score (nSPS) is 13.4. The molecule has 0 saturated heterocycles. The summed E-state index contributed by atoms with van der Waals surface area (Å²) in [5.74, 6) is 1.42. The van der Waals surface area contributed by atoms with Crippen LogP contribution in [0.3, 0.4) is 0 Å². The third kappa shape index (κ3) is 2.65. The predicted octanol–water partition coefficient (Wildman–Crippen LogP) is 3.97. The Morgan fingerprint density at radius 1 is 1.20 bits per heavy atom. The van der Waals surface area contributed by atoms with Gasteiger partial charge in [-0.25, -0.2) is 4.98 Å². The van der Waals surface area contributed by atoms with E-state index in [1.54, 1.807) is 16.7 Å². The fraction of sp³-hybridized carbons (Fsp3) is 0.263. The van der Waals surface area contributed by atoms with Gasteiger partial charge in [0, 0.05) is 17.5 Å². The van der Waals surface area contributed by atoms with Gasteiger partial charge < -0.3 is 10.1 Å². The first kappa shape index (κ1) is 16.0. The Kier molecular flexibility index (Phi) is 3.88. The van der Waals surface area contributed by atoms with E-state index in [2.05, 4.69) is 5.32 Å². The number of fused-ring (bicyclic) bond motifs is 3. The molecule has 5 nitrogen and oxygen atoms in total. The highest BCUT2D eigenvalue weighted by Gasteiger charge is 2.21. The molecular weight excluding hydrogens is 338 g/mol. The zero-order chi connectivity index (χ0) is 17.6. The number of hydrogen-bond donors (Lipinski definition) is 1. The summed E-state index contributed by atoms with van der Waals surface area (Å²) in [6, 6.07) is 10.9. The summed E-state index contributed by atoms with van der Waals surface area (Å²) in [6.07, 6.45) is 0. The van der Waals surface area contributed by atoms with Gasteiger partial charge in [0.2, 0.25) is 0 Å². The zero-order valence-electron chi connectivity index (χ0n) is 14.0. The minimum atomic E-state index is -0.104. The largest absolute Gasteiger partial charge is 0.487 e. The lowest BCUT2D eigenvalue weighted by Gasteiger charge is -2.22. The summed E-state index contributed by atoms with van der Waals surface area (Å²) < 4.78 is 7.46. The van der Waals surface area contributed by atoms with Crippen LogP contribution in [0.25, 0.3) is 16.6 Å². The Labute approximate surface area is 150 Å². The lowest BCUT2D eigenvalue weighted by molar-refractivity contribution is 0.326. The van der Waals surface area contributed by atoms with Crippen LogP contribution in [-0.4, -0.2) is 22.7 Å². The molecule has 2 heterocycles. The van der Waals surface area contributed by atoms with Gasteiger partial charge in [0.25, 0.3) is 5.56 Å². The Bertz CT molecular complexity index is 1010. The van der Waals surface area contributed by atoms with Crippen molar-refractivity contribution in [3.8, 4) is 11.4 Å². The second-order valence-corrected chi connectivity index (χ2v) is 6.79. The van der Waals surface area contributed by atoms with E-state index in [0.717, 1.165) is 17.9 Å². The smallest absolute Gasteiger partial charge is 0.266 e. The molecule has 6 heteroatoms. The summed E-state index contributed by atoms with van der Waals surface area (Å²) in [7, 11) is 0. The molecule has 25 heavy (non-hydrogen) atoms. The van der Waals surface area contributed by atoms with Gasteiger partial charge in [-0.05, 0) is 36.4 Å². The van der Waals surface area contributed by atoms with Crippen molar-refractivity contribution in [1.82, 2.24) is 9.55 Å². The number of anilines is 1. The van der Waals surface area contributed by atoms with Gasteiger partial charge in [0.15, 0.2) is 5.75 Å². The average Bonchev–Trinajstić information content (AvgIpc) is 2.62. The van der Waals surface area contributed by atoms with Crippen LogP contribution >= 0.6 is 11.6 Å². The molecule has 2 aromatic carbocycles. The van der Waals surface area contributed by atoms with E-state index in [4.69, 9.17) is 21.3 Å². The molecule has 0 unspecified atom stereocenters. The van der Waals surface area contributed by atoms with Crippen molar-refractivity contribution < 1.29 is 4.74 Å². The van der Waals surface area contributed by atoms with Crippen LogP contribution in [0, 0.1) is 0 Å². The van der Waals surface area contributed by atoms with Gasteiger partial charge in [0.1, 0.15) is 17.9 Å². The number of hydrogen-bond acceptors (Lipinski definition) is 4. The molecule has 0 fully saturated rings. The second kappa shape index (κ2) is 6.08. The topological polar surface area (TPSA) is 56.2 Å². The third-order valence-corrected chi connectivity index (χ3v) is 4.54. The van der Waals surface area contributed by atoms with Crippen molar-refractivity contribution in [3.63, 3.8) is 0 Å². The van der Waals surface area contributed by atoms with E-state index in [9.17, 15) is 4.79 Å². The molecular formula is C19H18ClN3O2. The van der Waals surface area contributed by atoms with Crippen LogP contribution in [0.15, 0.2) is 41.2 Å². The molecule has 128 valence electrons. The van der Waals surface area contributed by atoms with Crippen molar-refractivity contribution >= 4 is 28.2 Å². The molecule has 1 N–H and O–H groups in total. The summed E-state index contributed by atoms with van der Waals surface area (Å²) in [6.45, 7) is 5.35. The maximum atomic E-state index is 13.2. The molecule has 3 aromatic rings. The van der Waals surface area contributed by atoms with Gasteiger partial charge >= 0.3 is 0 Å². The van der Waals surface area contributed by atoms with Crippen molar-refractivity contribution in [2.24, 2.45) is 0 Å². The maximum absolute atomic E-state index is 13.2. The fourth-order valence-electron chi connectivity index (χ4n) is 3.09. The molecule has 1 aliphatic heterocycles. The van der Waals surface area contributed by atoms with E-state index in [0.29, 0.717) is 34.1 Å². The Morgan fingerprint density at radius 2 is 1.96 bits per heavy atom. The van der Waals surface area contributed by atoms with Crippen LogP contribution in [0.4, 0.5) is 5.69 Å². The summed E-state index contributed by atoms with van der Waals surface area (Å²) in [5, 5.41) is 4.46. The van der Waals surface area contributed by atoms with E-state index in [-0.39, 0.29) is 11.5 Å². The molecule has 0 amide bonds. The van der Waals surface area contributed by atoms with Gasteiger partial charge in [-0.1, -0.05) is 25.4 Å². The molecule has 0 saturated carbocycles. The van der Waals surface area contributed by atoms with Crippen molar-refractivity contribution in [2.75, 3.05) is 18.5 Å². The van der Waals surface area contributed by atoms with E-state index in [1.807, 2.05) is 38.1 Å². The second-order valence-electron chi connectivity index (χ2n) is 6.36. The summed E-state index contributed by atoms with van der Waals surface area (Å²) >= 11 is 5.99. The Morgan fingerprint density at radius 3 is 2.68 bits per heavy atom. The fourth-order valence-corrected chi connectivity index (χ4v) is 3.22. The van der Waals surface area contributed by atoms with Crippen molar-refractivity contribution in [1.29, 1.82) is 0 Å². The van der Waals surface area contributed by atoms with Crippen LogP contribution in [0.2, 0.25) is 5.02 Å². The summed E-state index contributed by atoms with van der Waals surface area (Å²) in [5.41, 5.74) is 2.14. The van der Waals surface area contributed by atoms with E-state index in [1.165, 1.54) is 0 Å². The van der Waals surface area contributed by atoms with Crippen molar-refractivity contribution in [3.05, 3.63) is 57.6 Å². The SMILES string of the molecule is CC(C)c1nc2c3c(ccc2c(=O)n1-c1ccc(Cl)cc1)NCCO3. The van der Waals surface area contributed by atoms with Crippen LogP contribution in [-0.2, 0) is 0 Å². The van der Waals surface area contributed by atoms with Gasteiger partial charge in [0.05, 0.1) is 16.8 Å². The minimum Gasteiger partial charge on any atom is -0.487 e. The van der Waals surface area contributed by atoms with E-state index < -0.39 is 0 Å². The molecule has 0 bridgehead atoms. The third-order valence-electron chi connectivity index (χ3n) is 4.29. The minimum absolute atomic E-state index is 0.0696. The van der Waals surface area contributed by atoms with Gasteiger partial charge in [-0.3, -0.25) is 9.36 Å². The quantitative estimate of drug-likeness (QED) is 0.755. The first-order valence-corrected chi connectivity index (χ1v) is 8.66.